The zero-order valence-electron chi connectivity index (χ0n) is 16.1. The molecule has 1 aromatic rings. The molecule has 1 fully saturated rings. The van der Waals surface area contributed by atoms with Crippen LogP contribution in [0.2, 0.25) is 0 Å². The number of unbranched alkanes of at least 4 members (excludes halogenated alkanes) is 7. The molecule has 1 atom stereocenters. The van der Waals surface area contributed by atoms with Gasteiger partial charge in [-0.25, -0.2) is 0 Å². The smallest absolute Gasteiger partial charge is 0.0587 e. The van der Waals surface area contributed by atoms with Crippen molar-refractivity contribution in [1.82, 2.24) is 4.90 Å². The van der Waals surface area contributed by atoms with E-state index in [0.29, 0.717) is 12.6 Å². The van der Waals surface area contributed by atoms with Crippen LogP contribution >= 0.6 is 12.4 Å². The fourth-order valence-electron chi connectivity index (χ4n) is 3.82. The number of aliphatic hydroxyl groups is 1. The molecule has 2 rings (SSSR count). The zero-order chi connectivity index (χ0) is 17.0. The highest BCUT2D eigenvalue weighted by atomic mass is 35.5. The molecule has 1 saturated heterocycles. The minimum atomic E-state index is 0. The average molecular weight is 368 g/mol. The number of halogens is 1. The first-order valence-electron chi connectivity index (χ1n) is 10.3. The quantitative estimate of drug-likeness (QED) is 0.475. The minimum absolute atomic E-state index is 0. The van der Waals surface area contributed by atoms with E-state index in [9.17, 15) is 5.11 Å². The summed E-state index contributed by atoms with van der Waals surface area (Å²) >= 11 is 0. The van der Waals surface area contributed by atoms with Crippen LogP contribution in [0.4, 0.5) is 0 Å². The number of nitrogens with zero attached hydrogens (tertiary/aromatic N) is 1. The van der Waals surface area contributed by atoms with E-state index in [1.807, 2.05) is 0 Å². The highest BCUT2D eigenvalue weighted by molar-refractivity contribution is 5.85. The molecule has 3 heteroatoms. The predicted octanol–water partition coefficient (Wildman–Crippen LogP) is 5.75. The maximum atomic E-state index is 9.42. The molecule has 0 unspecified atom stereocenters. The van der Waals surface area contributed by atoms with E-state index in [0.717, 1.165) is 19.5 Å². The molecule has 0 bridgehead atoms. The van der Waals surface area contributed by atoms with Crippen molar-refractivity contribution in [3.63, 3.8) is 0 Å². The van der Waals surface area contributed by atoms with Crippen molar-refractivity contribution in [2.45, 2.75) is 90.1 Å². The Labute approximate surface area is 161 Å². The summed E-state index contributed by atoms with van der Waals surface area (Å²) in [6, 6.07) is 9.56. The molecule has 0 saturated carbocycles. The molecular weight excluding hydrogens is 330 g/mol. The lowest BCUT2D eigenvalue weighted by Crippen LogP contribution is -2.31. The zero-order valence-corrected chi connectivity index (χ0v) is 16.9. The highest BCUT2D eigenvalue weighted by Gasteiger charge is 2.23. The van der Waals surface area contributed by atoms with Crippen LogP contribution in [0.3, 0.4) is 0 Å². The number of benzene rings is 1. The Balaban J connectivity index is 0.00000312. The van der Waals surface area contributed by atoms with Crippen LogP contribution in [-0.2, 0) is 13.0 Å². The number of aliphatic hydroxyl groups excluding tert-OH is 1. The van der Waals surface area contributed by atoms with Gasteiger partial charge in [0.1, 0.15) is 0 Å². The van der Waals surface area contributed by atoms with E-state index in [4.69, 9.17) is 0 Å². The molecule has 0 aliphatic carbocycles. The van der Waals surface area contributed by atoms with Gasteiger partial charge in [-0.15, -0.1) is 12.4 Å². The maximum absolute atomic E-state index is 9.42. The van der Waals surface area contributed by atoms with Gasteiger partial charge in [-0.3, -0.25) is 4.90 Å². The summed E-state index contributed by atoms with van der Waals surface area (Å²) in [5, 5.41) is 9.42. The fourth-order valence-corrected chi connectivity index (χ4v) is 3.82. The van der Waals surface area contributed by atoms with Crippen molar-refractivity contribution < 1.29 is 5.11 Å². The van der Waals surface area contributed by atoms with E-state index < -0.39 is 0 Å². The Morgan fingerprint density at radius 1 is 0.920 bits per heavy atom. The number of likely N-dealkylation sites (tertiary alicyclic amines) is 1. The molecule has 0 aromatic heterocycles. The van der Waals surface area contributed by atoms with Gasteiger partial charge in [-0.2, -0.15) is 0 Å². The Bertz CT molecular complexity index is 434. The number of rotatable bonds is 12. The van der Waals surface area contributed by atoms with E-state index >= 15 is 0 Å². The summed E-state index contributed by atoms with van der Waals surface area (Å²) in [5.41, 5.74) is 2.86. The molecule has 25 heavy (non-hydrogen) atoms. The van der Waals surface area contributed by atoms with Crippen molar-refractivity contribution in [1.29, 1.82) is 0 Å². The first-order valence-corrected chi connectivity index (χ1v) is 10.3. The molecule has 144 valence electrons. The molecule has 0 radical (unpaired) electrons. The lowest BCUT2D eigenvalue weighted by molar-refractivity contribution is 0.153. The predicted molar refractivity (Wildman–Crippen MR) is 111 cm³/mol. The fraction of sp³-hybridized carbons (Fsp3) is 0.727. The van der Waals surface area contributed by atoms with Gasteiger partial charge in [0.25, 0.3) is 0 Å². The molecule has 2 nitrogen and oxygen atoms in total. The summed E-state index contributed by atoms with van der Waals surface area (Å²) in [5.74, 6) is 0. The Hall–Kier alpha value is -0.570. The van der Waals surface area contributed by atoms with Crippen molar-refractivity contribution in [3.8, 4) is 0 Å². The van der Waals surface area contributed by atoms with Crippen LogP contribution in [0.25, 0.3) is 0 Å². The van der Waals surface area contributed by atoms with Crippen LogP contribution in [0.15, 0.2) is 24.3 Å². The van der Waals surface area contributed by atoms with Crippen LogP contribution in [0.5, 0.6) is 0 Å². The SMILES string of the molecule is CCCCCCCCCCc1ccc(CN2CCC[C@@H]2CO)cc1.Cl. The topological polar surface area (TPSA) is 23.5 Å². The molecule has 1 heterocycles. The van der Waals surface area contributed by atoms with E-state index in [-0.39, 0.29) is 12.4 Å². The molecule has 0 spiro atoms. The number of hydrogen-bond donors (Lipinski definition) is 1. The van der Waals surface area contributed by atoms with E-state index in [1.165, 1.54) is 75.3 Å². The minimum Gasteiger partial charge on any atom is -0.395 e. The summed E-state index contributed by atoms with van der Waals surface area (Å²) in [7, 11) is 0. The second-order valence-electron chi connectivity index (χ2n) is 7.49. The Morgan fingerprint density at radius 2 is 1.52 bits per heavy atom. The lowest BCUT2D eigenvalue weighted by atomic mass is 10.0. The molecule has 1 N–H and O–H groups in total. The van der Waals surface area contributed by atoms with Gasteiger partial charge in [0, 0.05) is 12.6 Å². The van der Waals surface area contributed by atoms with Crippen LogP contribution in [-0.4, -0.2) is 29.2 Å². The largest absolute Gasteiger partial charge is 0.395 e. The summed E-state index contributed by atoms with van der Waals surface area (Å²) in [6.45, 7) is 4.70. The maximum Gasteiger partial charge on any atom is 0.0587 e. The molecule has 1 aliphatic heterocycles. The van der Waals surface area contributed by atoms with Crippen molar-refractivity contribution in [3.05, 3.63) is 35.4 Å². The standard InChI is InChI=1S/C22H37NO.ClH/c1-2-3-4-5-6-7-8-9-11-20-13-15-21(16-14-20)18-23-17-10-12-22(23)19-24;/h13-16,22,24H,2-12,17-19H2,1H3;1H/t22-;/m1./s1. The summed E-state index contributed by atoms with van der Waals surface area (Å²) < 4.78 is 0. The second-order valence-corrected chi connectivity index (χ2v) is 7.49. The lowest BCUT2D eigenvalue weighted by Gasteiger charge is -2.22. The third kappa shape index (κ3) is 8.57. The van der Waals surface area contributed by atoms with Crippen LogP contribution in [0.1, 0.15) is 82.3 Å². The van der Waals surface area contributed by atoms with Crippen molar-refractivity contribution in [2.75, 3.05) is 13.2 Å². The monoisotopic (exact) mass is 367 g/mol. The number of aryl methyl sites for hydroxylation is 1. The molecule has 1 aliphatic rings. The normalized spacial score (nSPS) is 17.6. The molecule has 0 amide bonds. The number of hydrogen-bond acceptors (Lipinski definition) is 2. The Morgan fingerprint density at radius 3 is 2.16 bits per heavy atom. The Kier molecular flexibility index (Phi) is 12.2. The first-order chi connectivity index (χ1) is 11.8. The molecule has 1 aromatic carbocycles. The van der Waals surface area contributed by atoms with Gasteiger partial charge < -0.3 is 5.11 Å². The van der Waals surface area contributed by atoms with Gasteiger partial charge in [-0.1, -0.05) is 76.1 Å². The van der Waals surface area contributed by atoms with Crippen LogP contribution < -0.4 is 0 Å². The summed E-state index contributed by atoms with van der Waals surface area (Å²) in [4.78, 5) is 2.42. The highest BCUT2D eigenvalue weighted by Crippen LogP contribution is 2.20. The van der Waals surface area contributed by atoms with Crippen molar-refractivity contribution >= 4 is 12.4 Å². The average Bonchev–Trinajstić information content (AvgIpc) is 3.06. The first kappa shape index (κ1) is 22.5. The van der Waals surface area contributed by atoms with E-state index in [1.54, 1.807) is 0 Å². The van der Waals surface area contributed by atoms with E-state index in [2.05, 4.69) is 36.1 Å². The van der Waals surface area contributed by atoms with Gasteiger partial charge >= 0.3 is 0 Å². The third-order valence-electron chi connectivity index (χ3n) is 5.44. The summed E-state index contributed by atoms with van der Waals surface area (Å²) in [6.07, 6.45) is 14.7. The third-order valence-corrected chi connectivity index (χ3v) is 5.44. The van der Waals surface area contributed by atoms with Gasteiger partial charge in [0.05, 0.1) is 6.61 Å². The van der Waals surface area contributed by atoms with Crippen molar-refractivity contribution in [2.24, 2.45) is 0 Å². The van der Waals surface area contributed by atoms with Gasteiger partial charge in [0.2, 0.25) is 0 Å². The van der Waals surface area contributed by atoms with Crippen LogP contribution in [0, 0.1) is 0 Å². The molecular formula is C22H38ClNO. The van der Waals surface area contributed by atoms with Gasteiger partial charge in [-0.05, 0) is 43.4 Å². The second kappa shape index (κ2) is 13.6. The van der Waals surface area contributed by atoms with Gasteiger partial charge in [0.15, 0.2) is 0 Å².